The minimum Gasteiger partial charge on any atom is -0.464 e. The van der Waals surface area contributed by atoms with Gasteiger partial charge in [0, 0.05) is 12.8 Å². The molecule has 0 aliphatic heterocycles. The van der Waals surface area contributed by atoms with Gasteiger partial charge in [-0.05, 0) is 36.2 Å². The molecule has 1 aromatic carbocycles. The van der Waals surface area contributed by atoms with Gasteiger partial charge < -0.3 is 14.8 Å². The number of methoxy groups -OCH3 is 1. The topological polar surface area (TPSA) is 69.2 Å². The molecule has 2 rings (SSSR count). The number of anilines is 2. The van der Waals surface area contributed by atoms with E-state index in [1.807, 2.05) is 31.2 Å². The van der Waals surface area contributed by atoms with Gasteiger partial charge >= 0.3 is 6.01 Å². The van der Waals surface area contributed by atoms with Crippen molar-refractivity contribution < 1.29 is 9.47 Å². The first kappa shape index (κ1) is 14.5. The molecule has 0 spiro atoms. The normalized spacial score (nSPS) is 10.3. The Balaban J connectivity index is 2.18. The molecule has 0 atom stereocenters. The van der Waals surface area contributed by atoms with E-state index in [-0.39, 0.29) is 11.3 Å². The molecule has 0 aliphatic rings. The summed E-state index contributed by atoms with van der Waals surface area (Å²) in [6.45, 7) is 2.85. The maximum absolute atomic E-state index is 5.83. The van der Waals surface area contributed by atoms with Gasteiger partial charge in [-0.25, -0.2) is 0 Å². The van der Waals surface area contributed by atoms with E-state index in [2.05, 4.69) is 20.3 Å². The average molecular weight is 295 g/mol. The second-order valence-corrected chi connectivity index (χ2v) is 4.24. The van der Waals surface area contributed by atoms with Crippen LogP contribution in [0.4, 0.5) is 11.6 Å². The molecule has 0 saturated heterocycles. The summed E-state index contributed by atoms with van der Waals surface area (Å²) < 4.78 is 10.3. The third kappa shape index (κ3) is 4.04. The summed E-state index contributed by atoms with van der Waals surface area (Å²) in [6.07, 6.45) is 0. The van der Waals surface area contributed by atoms with Crippen molar-refractivity contribution in [1.82, 2.24) is 15.0 Å². The molecule has 0 amide bonds. The Labute approximate surface area is 122 Å². The summed E-state index contributed by atoms with van der Waals surface area (Å²) in [6, 6.07) is 7.94. The van der Waals surface area contributed by atoms with E-state index in [4.69, 9.17) is 21.1 Å². The summed E-state index contributed by atoms with van der Waals surface area (Å²) in [5.41, 5.74) is 1.88. The van der Waals surface area contributed by atoms with Gasteiger partial charge in [-0.2, -0.15) is 15.0 Å². The van der Waals surface area contributed by atoms with Crippen LogP contribution in [0.25, 0.3) is 0 Å². The van der Waals surface area contributed by atoms with Crippen molar-refractivity contribution in [2.24, 2.45) is 0 Å². The number of halogens is 1. The minimum absolute atomic E-state index is 0.0824. The Morgan fingerprint density at radius 1 is 1.25 bits per heavy atom. The van der Waals surface area contributed by atoms with E-state index in [9.17, 15) is 0 Å². The summed E-state index contributed by atoms with van der Waals surface area (Å²) in [5.74, 6) is 0.336. The number of nitrogens with zero attached hydrogens (tertiary/aromatic N) is 3. The molecule has 6 nitrogen and oxygen atoms in total. The first-order valence-corrected chi connectivity index (χ1v) is 6.48. The Morgan fingerprint density at radius 3 is 2.85 bits per heavy atom. The number of aromatic nitrogens is 3. The van der Waals surface area contributed by atoms with Crippen molar-refractivity contribution >= 4 is 23.2 Å². The molecule has 0 aliphatic carbocycles. The highest BCUT2D eigenvalue weighted by atomic mass is 35.5. The second-order valence-electron chi connectivity index (χ2n) is 3.90. The molecule has 0 fully saturated rings. The van der Waals surface area contributed by atoms with Crippen molar-refractivity contribution in [1.29, 1.82) is 0 Å². The van der Waals surface area contributed by atoms with Gasteiger partial charge in [-0.1, -0.05) is 12.1 Å². The Bertz CT molecular complexity index is 580. The molecule has 0 saturated carbocycles. The van der Waals surface area contributed by atoms with Crippen LogP contribution in [0.5, 0.6) is 6.01 Å². The van der Waals surface area contributed by atoms with Crippen molar-refractivity contribution in [3.8, 4) is 6.01 Å². The van der Waals surface area contributed by atoms with Gasteiger partial charge in [0.15, 0.2) is 0 Å². The molecule has 0 bridgehead atoms. The maximum atomic E-state index is 5.83. The van der Waals surface area contributed by atoms with E-state index in [1.54, 1.807) is 7.11 Å². The number of ether oxygens (including phenoxy) is 2. The smallest absolute Gasteiger partial charge is 0.322 e. The lowest BCUT2D eigenvalue weighted by Gasteiger charge is -2.08. The second kappa shape index (κ2) is 7.02. The van der Waals surface area contributed by atoms with E-state index in [1.165, 1.54) is 0 Å². The fourth-order valence-corrected chi connectivity index (χ4v) is 1.77. The SMILES string of the molecule is CCOc1nc(Cl)nc(Nc2cccc(COC)c2)n1. The number of hydrogen-bond acceptors (Lipinski definition) is 6. The van der Waals surface area contributed by atoms with Gasteiger partial charge in [0.25, 0.3) is 0 Å². The number of hydrogen-bond donors (Lipinski definition) is 1. The Morgan fingerprint density at radius 2 is 2.10 bits per heavy atom. The molecule has 0 unspecified atom stereocenters. The van der Waals surface area contributed by atoms with Gasteiger partial charge in [-0.15, -0.1) is 0 Å². The zero-order valence-electron chi connectivity index (χ0n) is 11.3. The van der Waals surface area contributed by atoms with Crippen LogP contribution >= 0.6 is 11.6 Å². The van der Waals surface area contributed by atoms with Crippen LogP contribution in [0, 0.1) is 0 Å². The Kier molecular flexibility index (Phi) is 5.09. The lowest BCUT2D eigenvalue weighted by atomic mass is 10.2. The molecular formula is C13H15ClN4O2. The van der Waals surface area contributed by atoms with Crippen LogP contribution in [0.2, 0.25) is 5.28 Å². The number of rotatable bonds is 6. The molecule has 2 aromatic rings. The fraction of sp³-hybridized carbons (Fsp3) is 0.308. The number of benzene rings is 1. The average Bonchev–Trinajstić information content (AvgIpc) is 2.39. The van der Waals surface area contributed by atoms with Crippen LogP contribution < -0.4 is 10.1 Å². The quantitative estimate of drug-likeness (QED) is 0.883. The van der Waals surface area contributed by atoms with Crippen molar-refractivity contribution in [3.05, 3.63) is 35.1 Å². The highest BCUT2D eigenvalue weighted by Gasteiger charge is 2.06. The monoisotopic (exact) mass is 294 g/mol. The molecule has 1 N–H and O–H groups in total. The molecule has 0 radical (unpaired) electrons. The fourth-order valence-electron chi connectivity index (χ4n) is 1.62. The van der Waals surface area contributed by atoms with Crippen LogP contribution in [0.1, 0.15) is 12.5 Å². The molecule has 20 heavy (non-hydrogen) atoms. The van der Waals surface area contributed by atoms with Crippen LogP contribution in [-0.2, 0) is 11.3 Å². The van der Waals surface area contributed by atoms with E-state index < -0.39 is 0 Å². The van der Waals surface area contributed by atoms with Gasteiger partial charge in [-0.3, -0.25) is 0 Å². The lowest BCUT2D eigenvalue weighted by molar-refractivity contribution is 0.185. The van der Waals surface area contributed by atoms with Gasteiger partial charge in [0.1, 0.15) is 0 Å². The van der Waals surface area contributed by atoms with Crippen LogP contribution in [0.15, 0.2) is 24.3 Å². The third-order valence-electron chi connectivity index (χ3n) is 2.36. The Hall–Kier alpha value is -1.92. The van der Waals surface area contributed by atoms with E-state index in [0.29, 0.717) is 19.2 Å². The molecule has 106 valence electrons. The predicted octanol–water partition coefficient (Wildman–Crippen LogP) is 2.81. The first-order valence-electron chi connectivity index (χ1n) is 6.10. The maximum Gasteiger partial charge on any atom is 0.322 e. The molecule has 7 heteroatoms. The highest BCUT2D eigenvalue weighted by Crippen LogP contribution is 2.18. The van der Waals surface area contributed by atoms with Crippen molar-refractivity contribution in [2.75, 3.05) is 19.0 Å². The first-order chi connectivity index (χ1) is 9.71. The van der Waals surface area contributed by atoms with Gasteiger partial charge in [0.2, 0.25) is 11.2 Å². The summed E-state index contributed by atoms with van der Waals surface area (Å²) in [7, 11) is 1.65. The number of nitrogens with one attached hydrogen (secondary N) is 1. The summed E-state index contributed by atoms with van der Waals surface area (Å²) >= 11 is 5.83. The zero-order chi connectivity index (χ0) is 14.4. The van der Waals surface area contributed by atoms with Crippen molar-refractivity contribution in [3.63, 3.8) is 0 Å². The van der Waals surface area contributed by atoms with Crippen molar-refractivity contribution in [2.45, 2.75) is 13.5 Å². The summed E-state index contributed by atoms with van der Waals surface area (Å²) in [5, 5.41) is 3.14. The van der Waals surface area contributed by atoms with Crippen LogP contribution in [-0.4, -0.2) is 28.7 Å². The standard InChI is InChI=1S/C13H15ClN4O2/c1-3-20-13-17-11(14)16-12(18-13)15-10-6-4-5-9(7-10)8-19-2/h4-7H,3,8H2,1-2H3,(H,15,16,17,18). The third-order valence-corrected chi connectivity index (χ3v) is 2.52. The minimum atomic E-state index is 0.0824. The molecule has 1 aromatic heterocycles. The van der Waals surface area contributed by atoms with E-state index >= 15 is 0 Å². The summed E-state index contributed by atoms with van der Waals surface area (Å²) in [4.78, 5) is 12.0. The highest BCUT2D eigenvalue weighted by molar-refractivity contribution is 6.28. The van der Waals surface area contributed by atoms with Gasteiger partial charge in [0.05, 0.1) is 13.2 Å². The van der Waals surface area contributed by atoms with E-state index in [0.717, 1.165) is 11.3 Å². The molecular weight excluding hydrogens is 280 g/mol. The molecule has 1 heterocycles. The largest absolute Gasteiger partial charge is 0.464 e. The predicted molar refractivity (Wildman–Crippen MR) is 76.4 cm³/mol. The lowest BCUT2D eigenvalue weighted by Crippen LogP contribution is -2.04. The zero-order valence-corrected chi connectivity index (χ0v) is 12.0. The van der Waals surface area contributed by atoms with Crippen LogP contribution in [0.3, 0.4) is 0 Å².